The molecule has 1 saturated heterocycles. The van der Waals surface area contributed by atoms with Crippen LogP contribution in [0.1, 0.15) is 49.7 Å². The van der Waals surface area contributed by atoms with Gasteiger partial charge in [-0.15, -0.1) is 6.58 Å². The fourth-order valence-corrected chi connectivity index (χ4v) is 5.65. The second kappa shape index (κ2) is 4.46. The first kappa shape index (κ1) is 12.6. The van der Waals surface area contributed by atoms with E-state index in [0.717, 1.165) is 6.54 Å². The van der Waals surface area contributed by atoms with Crippen LogP contribution in [0, 0.1) is 5.41 Å². The van der Waals surface area contributed by atoms with Crippen LogP contribution in [0.15, 0.2) is 36.9 Å². The van der Waals surface area contributed by atoms with Gasteiger partial charge in [0.2, 0.25) is 0 Å². The molecule has 1 aromatic rings. The molecule has 1 nitrogen and oxygen atoms in total. The lowest BCUT2D eigenvalue weighted by Gasteiger charge is -2.56. The molecule has 2 fully saturated rings. The Balaban J connectivity index is 1.92. The molecule has 0 bridgehead atoms. The standard InChI is InChI=1S/C19H25N/c1-2-14-20-15-13-18-10-5-6-11-19(18,20)17-8-4-3-7-16(17)9-12-18/h2-4,7-8H,1,5-6,9-15H2. The minimum absolute atomic E-state index is 0.328. The Morgan fingerprint density at radius 3 is 2.85 bits per heavy atom. The summed E-state index contributed by atoms with van der Waals surface area (Å²) < 4.78 is 0. The summed E-state index contributed by atoms with van der Waals surface area (Å²) in [6, 6.07) is 9.27. The molecule has 2 atom stereocenters. The predicted molar refractivity (Wildman–Crippen MR) is 83.7 cm³/mol. The minimum Gasteiger partial charge on any atom is -0.289 e. The van der Waals surface area contributed by atoms with E-state index >= 15 is 0 Å². The van der Waals surface area contributed by atoms with Gasteiger partial charge < -0.3 is 0 Å². The molecular weight excluding hydrogens is 242 g/mol. The maximum absolute atomic E-state index is 4.01. The molecule has 0 N–H and O–H groups in total. The van der Waals surface area contributed by atoms with E-state index in [1.807, 2.05) is 0 Å². The van der Waals surface area contributed by atoms with E-state index in [-0.39, 0.29) is 0 Å². The number of rotatable bonds is 2. The molecule has 1 aliphatic heterocycles. The summed E-state index contributed by atoms with van der Waals surface area (Å²) in [6.07, 6.45) is 11.8. The zero-order chi connectivity index (χ0) is 13.6. The minimum atomic E-state index is 0.328. The number of likely N-dealkylation sites (tertiary alicyclic amines) is 1. The highest BCUT2D eigenvalue weighted by molar-refractivity contribution is 5.41. The van der Waals surface area contributed by atoms with E-state index in [1.165, 1.54) is 51.5 Å². The summed E-state index contributed by atoms with van der Waals surface area (Å²) in [5, 5.41) is 0. The summed E-state index contributed by atoms with van der Waals surface area (Å²) in [7, 11) is 0. The van der Waals surface area contributed by atoms with Crippen molar-refractivity contribution in [2.75, 3.05) is 13.1 Å². The van der Waals surface area contributed by atoms with Crippen LogP contribution in [0.25, 0.3) is 0 Å². The van der Waals surface area contributed by atoms with E-state index in [9.17, 15) is 0 Å². The van der Waals surface area contributed by atoms with E-state index in [2.05, 4.69) is 41.8 Å². The Morgan fingerprint density at radius 1 is 1.10 bits per heavy atom. The Kier molecular flexibility index (Phi) is 2.82. The molecule has 3 aliphatic rings. The van der Waals surface area contributed by atoms with Crippen LogP contribution in [0.5, 0.6) is 0 Å². The molecule has 20 heavy (non-hydrogen) atoms. The van der Waals surface area contributed by atoms with Crippen molar-refractivity contribution in [3.63, 3.8) is 0 Å². The first-order chi connectivity index (χ1) is 9.82. The molecule has 2 aliphatic carbocycles. The van der Waals surface area contributed by atoms with Crippen molar-refractivity contribution in [2.45, 2.75) is 50.5 Å². The van der Waals surface area contributed by atoms with Gasteiger partial charge in [0.05, 0.1) is 5.54 Å². The lowest BCUT2D eigenvalue weighted by atomic mass is 9.53. The predicted octanol–water partition coefficient (Wildman–Crippen LogP) is 4.28. The lowest BCUT2D eigenvalue weighted by molar-refractivity contribution is -0.0204. The van der Waals surface area contributed by atoms with Crippen molar-refractivity contribution in [3.8, 4) is 0 Å². The Labute approximate surface area is 122 Å². The molecule has 1 heterocycles. The van der Waals surface area contributed by atoms with Gasteiger partial charge in [-0.3, -0.25) is 4.90 Å². The maximum Gasteiger partial charge on any atom is 0.0523 e. The van der Waals surface area contributed by atoms with E-state index in [0.29, 0.717) is 11.0 Å². The molecule has 106 valence electrons. The van der Waals surface area contributed by atoms with E-state index in [1.54, 1.807) is 11.1 Å². The Bertz CT molecular complexity index is 534. The van der Waals surface area contributed by atoms with Crippen molar-refractivity contribution in [1.29, 1.82) is 0 Å². The highest BCUT2D eigenvalue weighted by atomic mass is 15.2. The molecule has 0 amide bonds. The first-order valence-electron chi connectivity index (χ1n) is 8.27. The van der Waals surface area contributed by atoms with E-state index < -0.39 is 0 Å². The molecule has 1 saturated carbocycles. The molecule has 0 radical (unpaired) electrons. The molecule has 0 spiro atoms. The van der Waals surface area contributed by atoms with Gasteiger partial charge in [-0.1, -0.05) is 43.2 Å². The fourth-order valence-electron chi connectivity index (χ4n) is 5.65. The van der Waals surface area contributed by atoms with Crippen LogP contribution in [-0.4, -0.2) is 18.0 Å². The van der Waals surface area contributed by atoms with Gasteiger partial charge in [-0.25, -0.2) is 0 Å². The Hall–Kier alpha value is -1.08. The number of nitrogens with zero attached hydrogens (tertiary/aromatic N) is 1. The smallest absolute Gasteiger partial charge is 0.0523 e. The fraction of sp³-hybridized carbons (Fsp3) is 0.579. The van der Waals surface area contributed by atoms with Gasteiger partial charge in [0.1, 0.15) is 0 Å². The van der Waals surface area contributed by atoms with Crippen LogP contribution in [0.4, 0.5) is 0 Å². The van der Waals surface area contributed by atoms with Crippen LogP contribution < -0.4 is 0 Å². The first-order valence-corrected chi connectivity index (χ1v) is 8.27. The van der Waals surface area contributed by atoms with Crippen molar-refractivity contribution < 1.29 is 0 Å². The summed E-state index contributed by atoms with van der Waals surface area (Å²) >= 11 is 0. The van der Waals surface area contributed by atoms with Crippen molar-refractivity contribution in [3.05, 3.63) is 48.0 Å². The number of hydrogen-bond acceptors (Lipinski definition) is 1. The molecule has 1 heteroatoms. The quantitative estimate of drug-likeness (QED) is 0.723. The molecule has 0 aromatic heterocycles. The van der Waals surface area contributed by atoms with Gasteiger partial charge in [-0.05, 0) is 55.2 Å². The third kappa shape index (κ3) is 1.42. The van der Waals surface area contributed by atoms with Crippen molar-refractivity contribution in [1.82, 2.24) is 4.90 Å². The summed E-state index contributed by atoms with van der Waals surface area (Å²) in [4.78, 5) is 2.76. The highest BCUT2D eigenvalue weighted by Gasteiger charge is 2.61. The molecule has 1 aromatic carbocycles. The van der Waals surface area contributed by atoms with Gasteiger partial charge in [-0.2, -0.15) is 0 Å². The van der Waals surface area contributed by atoms with Crippen LogP contribution in [0.3, 0.4) is 0 Å². The average molecular weight is 267 g/mol. The molecule has 4 rings (SSSR count). The van der Waals surface area contributed by atoms with Gasteiger partial charge in [0.15, 0.2) is 0 Å². The highest BCUT2D eigenvalue weighted by Crippen LogP contribution is 2.64. The Morgan fingerprint density at radius 2 is 1.95 bits per heavy atom. The second-order valence-corrected chi connectivity index (χ2v) is 6.99. The topological polar surface area (TPSA) is 3.24 Å². The second-order valence-electron chi connectivity index (χ2n) is 6.99. The zero-order valence-corrected chi connectivity index (χ0v) is 12.4. The molecular formula is C19H25N. The lowest BCUT2D eigenvalue weighted by Crippen LogP contribution is -2.55. The van der Waals surface area contributed by atoms with E-state index in [4.69, 9.17) is 0 Å². The normalized spacial score (nSPS) is 36.0. The number of hydrogen-bond donors (Lipinski definition) is 0. The average Bonchev–Trinajstić information content (AvgIpc) is 2.84. The van der Waals surface area contributed by atoms with Gasteiger partial charge in [0.25, 0.3) is 0 Å². The number of fused-ring (bicyclic) bond motifs is 1. The van der Waals surface area contributed by atoms with Crippen LogP contribution in [0.2, 0.25) is 0 Å². The third-order valence-corrected chi connectivity index (χ3v) is 6.41. The van der Waals surface area contributed by atoms with Gasteiger partial charge in [0, 0.05) is 6.54 Å². The number of aryl methyl sites for hydroxylation is 1. The maximum atomic E-state index is 4.01. The van der Waals surface area contributed by atoms with Crippen LogP contribution >= 0.6 is 0 Å². The number of benzene rings is 1. The third-order valence-electron chi connectivity index (χ3n) is 6.41. The molecule has 2 unspecified atom stereocenters. The largest absolute Gasteiger partial charge is 0.289 e. The summed E-state index contributed by atoms with van der Waals surface area (Å²) in [5.41, 5.74) is 4.16. The van der Waals surface area contributed by atoms with Crippen molar-refractivity contribution >= 4 is 0 Å². The SMILES string of the molecule is C=CCN1CCC23CCCCC12c1ccccc1CC3. The monoisotopic (exact) mass is 267 g/mol. The summed E-state index contributed by atoms with van der Waals surface area (Å²) in [5.74, 6) is 0. The summed E-state index contributed by atoms with van der Waals surface area (Å²) in [6.45, 7) is 6.32. The van der Waals surface area contributed by atoms with Crippen molar-refractivity contribution in [2.24, 2.45) is 5.41 Å². The van der Waals surface area contributed by atoms with Gasteiger partial charge >= 0.3 is 0 Å². The zero-order valence-electron chi connectivity index (χ0n) is 12.4. The van der Waals surface area contributed by atoms with Crippen LogP contribution in [-0.2, 0) is 12.0 Å².